The molecule has 1 saturated heterocycles. The predicted octanol–water partition coefficient (Wildman–Crippen LogP) is 6.42. The Morgan fingerprint density at radius 1 is 0.724 bits per heavy atom. The molecule has 7 rings (SSSR count). The van der Waals surface area contributed by atoms with E-state index in [0.717, 1.165) is 61.8 Å². The normalized spacial score (nSPS) is 16.0. The Morgan fingerprint density at radius 3 is 1.62 bits per heavy atom. The molecule has 58 heavy (non-hydrogen) atoms. The summed E-state index contributed by atoms with van der Waals surface area (Å²) < 4.78 is 27.3. The van der Waals surface area contributed by atoms with Crippen molar-refractivity contribution in [3.63, 3.8) is 0 Å². The van der Waals surface area contributed by atoms with Crippen LogP contribution in [0.2, 0.25) is 0 Å². The lowest BCUT2D eigenvalue weighted by molar-refractivity contribution is -0.111. The van der Waals surface area contributed by atoms with E-state index in [1.165, 1.54) is 37.1 Å². The number of likely N-dealkylation sites (tertiary alicyclic amines) is 1. The van der Waals surface area contributed by atoms with E-state index in [1.807, 2.05) is 27.7 Å². The number of H-pyrrole nitrogens is 2. The summed E-state index contributed by atoms with van der Waals surface area (Å²) in [6, 6.07) is 8.41. The number of hydrogen-bond donors (Lipinski definition) is 6. The van der Waals surface area contributed by atoms with E-state index in [2.05, 4.69) is 54.9 Å². The number of hydrogen-bond acceptors (Lipinski definition) is 6. The van der Waals surface area contributed by atoms with Gasteiger partial charge in [0.05, 0.1) is 22.3 Å². The lowest BCUT2D eigenvalue weighted by Gasteiger charge is -2.18. The third-order valence-electron chi connectivity index (χ3n) is 11.0. The Balaban J connectivity index is 0.000000196. The first kappa shape index (κ1) is 41.8. The molecule has 0 radical (unpaired) electrons. The molecule has 0 saturated carbocycles. The maximum absolute atomic E-state index is 13.7. The van der Waals surface area contributed by atoms with Crippen LogP contribution in [0, 0.1) is 39.3 Å². The number of fused-ring (bicyclic) bond motifs is 2. The second kappa shape index (κ2) is 18.2. The second-order valence-electron chi connectivity index (χ2n) is 14.8. The maximum Gasteiger partial charge on any atom is 0.256 e. The first-order valence-corrected chi connectivity index (χ1v) is 19.8. The fraction of sp³-hybridized carbons (Fsp3) is 0.364. The van der Waals surface area contributed by atoms with Crippen molar-refractivity contribution in [2.45, 2.75) is 54.4 Å². The van der Waals surface area contributed by atoms with Gasteiger partial charge in [-0.15, -0.1) is 0 Å². The largest absolute Gasteiger partial charge is 0.358 e. The second-order valence-corrected chi connectivity index (χ2v) is 14.8. The molecule has 0 aliphatic carbocycles. The lowest BCUT2D eigenvalue weighted by Crippen LogP contribution is -2.35. The van der Waals surface area contributed by atoms with Crippen LogP contribution in [0.25, 0.3) is 23.3 Å². The minimum Gasteiger partial charge on any atom is -0.358 e. The van der Waals surface area contributed by atoms with E-state index in [9.17, 15) is 28.0 Å². The van der Waals surface area contributed by atoms with E-state index in [4.69, 9.17) is 0 Å². The van der Waals surface area contributed by atoms with Gasteiger partial charge in [0.15, 0.2) is 0 Å². The van der Waals surface area contributed by atoms with E-state index >= 15 is 0 Å². The highest BCUT2D eigenvalue weighted by atomic mass is 19.1. The quantitative estimate of drug-likeness (QED) is 0.0911. The minimum atomic E-state index is -0.404. The van der Waals surface area contributed by atoms with Crippen molar-refractivity contribution in [1.82, 2.24) is 30.4 Å². The van der Waals surface area contributed by atoms with Crippen molar-refractivity contribution in [3.8, 4) is 0 Å². The van der Waals surface area contributed by atoms with Crippen LogP contribution >= 0.6 is 0 Å². The van der Waals surface area contributed by atoms with Crippen molar-refractivity contribution >= 4 is 58.3 Å². The highest BCUT2D eigenvalue weighted by molar-refractivity contribution is 6.35. The molecule has 14 heteroatoms. The number of aromatic nitrogens is 2. The van der Waals surface area contributed by atoms with Crippen LogP contribution in [0.15, 0.2) is 36.4 Å². The van der Waals surface area contributed by atoms with Gasteiger partial charge in [-0.3, -0.25) is 19.2 Å². The van der Waals surface area contributed by atoms with Gasteiger partial charge < -0.3 is 41.0 Å². The average Bonchev–Trinajstić information content (AvgIpc) is 4.00. The number of anilines is 2. The Morgan fingerprint density at radius 2 is 1.17 bits per heavy atom. The zero-order valence-corrected chi connectivity index (χ0v) is 34.0. The van der Waals surface area contributed by atoms with E-state index in [1.54, 1.807) is 24.3 Å². The Hall–Kier alpha value is -5.86. The van der Waals surface area contributed by atoms with E-state index in [0.29, 0.717) is 69.3 Å². The van der Waals surface area contributed by atoms with Gasteiger partial charge in [-0.25, -0.2) is 8.78 Å². The van der Waals surface area contributed by atoms with Gasteiger partial charge in [-0.1, -0.05) is 13.8 Å². The molecule has 5 heterocycles. The van der Waals surface area contributed by atoms with Crippen molar-refractivity contribution in [3.05, 3.63) is 104 Å². The van der Waals surface area contributed by atoms with Crippen LogP contribution in [-0.2, 0) is 9.59 Å². The SMILES string of the molecule is CCN(CC)CCNC(=O)c1c(C)[nH]c(/C=C2\C(=O)Nc3ccc(F)cc32)c1C.Cc1[nH]c(/C=C2\C(=O)Nc3ccc(F)cc32)c(C)c1C(=O)NCCN1CCCC1. The summed E-state index contributed by atoms with van der Waals surface area (Å²) in [6.07, 6.45) is 5.81. The number of rotatable bonds is 12. The smallest absolute Gasteiger partial charge is 0.256 e. The number of nitrogens with zero attached hydrogens (tertiary/aromatic N) is 2. The molecule has 0 bridgehead atoms. The first-order valence-electron chi connectivity index (χ1n) is 19.8. The zero-order chi connectivity index (χ0) is 41.7. The molecule has 3 aliphatic rings. The van der Waals surface area contributed by atoms with Crippen molar-refractivity contribution in [1.29, 1.82) is 0 Å². The summed E-state index contributed by atoms with van der Waals surface area (Å²) in [6.45, 7) is 18.4. The Bertz CT molecular complexity index is 2150. The fourth-order valence-electron chi connectivity index (χ4n) is 7.79. The summed E-state index contributed by atoms with van der Waals surface area (Å²) in [7, 11) is 0. The number of amides is 4. The summed E-state index contributed by atoms with van der Waals surface area (Å²) in [5.74, 6) is -1.64. The molecule has 0 atom stereocenters. The molecule has 306 valence electrons. The highest BCUT2D eigenvalue weighted by Crippen LogP contribution is 2.36. The van der Waals surface area contributed by atoms with Crippen molar-refractivity contribution in [2.24, 2.45) is 0 Å². The Labute approximate surface area is 337 Å². The number of likely N-dealkylation sites (N-methyl/N-ethyl adjacent to an activating group) is 1. The van der Waals surface area contributed by atoms with Gasteiger partial charge in [-0.05, 0) is 126 Å². The zero-order valence-electron chi connectivity index (χ0n) is 34.0. The van der Waals surface area contributed by atoms with Crippen LogP contribution in [0.4, 0.5) is 20.2 Å². The standard InChI is InChI=1S/C22H25FN4O2.C22H27FN4O2/c1-13-19(12-17-16-11-15(23)5-6-18(16)26-21(17)28)25-14(2)20(13)22(29)24-7-10-27-8-3-4-9-27;1-5-27(6-2)10-9-24-22(29)20-13(3)19(25-14(20)4)12-17-16-11-15(23)7-8-18(16)26-21(17)28/h5-6,11-12,25H,3-4,7-10H2,1-2H3,(H,24,29)(H,26,28);7-8,11-12,25H,5-6,9-10H2,1-4H3,(H,24,29)(H,26,28)/b2*17-12-. The van der Waals surface area contributed by atoms with Crippen molar-refractivity contribution < 1.29 is 28.0 Å². The van der Waals surface area contributed by atoms with Gasteiger partial charge in [0.2, 0.25) is 0 Å². The molecule has 6 N–H and O–H groups in total. The average molecular weight is 795 g/mol. The number of aryl methyl sites for hydroxylation is 2. The number of carbonyl (C=O) groups is 4. The van der Waals surface area contributed by atoms with E-state index in [-0.39, 0.29) is 23.6 Å². The van der Waals surface area contributed by atoms with Crippen LogP contribution in [0.3, 0.4) is 0 Å². The van der Waals surface area contributed by atoms with Crippen LogP contribution < -0.4 is 21.3 Å². The molecular formula is C44H52F2N8O4. The molecule has 3 aliphatic heterocycles. The molecule has 2 aromatic heterocycles. The van der Waals surface area contributed by atoms with Crippen molar-refractivity contribution in [2.75, 3.05) is 63.0 Å². The number of carbonyl (C=O) groups excluding carboxylic acids is 4. The molecule has 4 aromatic rings. The number of aromatic amines is 2. The predicted molar refractivity (Wildman–Crippen MR) is 224 cm³/mol. The van der Waals surface area contributed by atoms with Gasteiger partial charge in [0, 0.05) is 71.5 Å². The Kier molecular flexibility index (Phi) is 13.1. The summed E-state index contributed by atoms with van der Waals surface area (Å²) in [5.41, 5.74) is 8.48. The number of halogens is 2. The third-order valence-corrected chi connectivity index (χ3v) is 11.0. The molecule has 0 spiro atoms. The summed E-state index contributed by atoms with van der Waals surface area (Å²) in [4.78, 5) is 61.1. The third kappa shape index (κ3) is 9.13. The monoisotopic (exact) mass is 794 g/mol. The molecule has 0 unspecified atom stereocenters. The van der Waals surface area contributed by atoms with Gasteiger partial charge in [-0.2, -0.15) is 0 Å². The summed E-state index contributed by atoms with van der Waals surface area (Å²) in [5, 5.41) is 11.4. The maximum atomic E-state index is 13.7. The highest BCUT2D eigenvalue weighted by Gasteiger charge is 2.28. The minimum absolute atomic E-state index is 0.123. The number of benzene rings is 2. The summed E-state index contributed by atoms with van der Waals surface area (Å²) >= 11 is 0. The molecule has 2 aromatic carbocycles. The van der Waals surface area contributed by atoms with E-state index < -0.39 is 11.6 Å². The fourth-order valence-corrected chi connectivity index (χ4v) is 7.79. The topological polar surface area (TPSA) is 154 Å². The van der Waals surface area contributed by atoms with Crippen LogP contribution in [0.1, 0.15) is 92.4 Å². The molecular weight excluding hydrogens is 743 g/mol. The van der Waals surface area contributed by atoms with Crippen LogP contribution in [0.5, 0.6) is 0 Å². The number of nitrogens with one attached hydrogen (secondary N) is 6. The van der Waals surface area contributed by atoms with Gasteiger partial charge in [0.1, 0.15) is 11.6 Å². The van der Waals surface area contributed by atoms with Crippen LogP contribution in [-0.4, -0.2) is 95.8 Å². The molecule has 4 amide bonds. The lowest BCUT2D eigenvalue weighted by atomic mass is 10.0. The first-order chi connectivity index (χ1) is 27.8. The molecule has 12 nitrogen and oxygen atoms in total. The van der Waals surface area contributed by atoms with Gasteiger partial charge >= 0.3 is 0 Å². The van der Waals surface area contributed by atoms with Gasteiger partial charge in [0.25, 0.3) is 23.6 Å². The molecule has 1 fully saturated rings.